The normalized spacial score (nSPS) is 17.3. The maximum absolute atomic E-state index is 12.6. The number of nitrogens with zero attached hydrogens (tertiary/aromatic N) is 3. The molecule has 1 fully saturated rings. The molecule has 0 aliphatic carbocycles. The zero-order valence-electron chi connectivity index (χ0n) is 15.4. The Hall–Kier alpha value is -2.15. The maximum atomic E-state index is 12.6. The predicted molar refractivity (Wildman–Crippen MR) is 104 cm³/mol. The van der Waals surface area contributed by atoms with Crippen LogP contribution in [0.1, 0.15) is 39.5 Å². The smallest absolute Gasteiger partial charge is 0.224 e. The van der Waals surface area contributed by atoms with E-state index in [0.717, 1.165) is 36.5 Å². The summed E-state index contributed by atoms with van der Waals surface area (Å²) in [5.41, 5.74) is 0.944. The number of aromatic amines is 1. The Bertz CT molecular complexity index is 797. The molecule has 0 unspecified atom stereocenters. The van der Waals surface area contributed by atoms with Crippen LogP contribution >= 0.6 is 12.2 Å². The highest BCUT2D eigenvalue weighted by Gasteiger charge is 2.23. The number of aromatic nitrogens is 3. The average molecular weight is 375 g/mol. The summed E-state index contributed by atoms with van der Waals surface area (Å²) in [5.74, 6) is 1.77. The molecule has 7 heteroatoms. The third kappa shape index (κ3) is 4.15. The highest BCUT2D eigenvalue weighted by Crippen LogP contribution is 2.22. The van der Waals surface area contributed by atoms with Gasteiger partial charge in [0.15, 0.2) is 10.6 Å². The summed E-state index contributed by atoms with van der Waals surface area (Å²) in [6.45, 7) is 6.11. The number of carbonyl (C=O) groups excluding carboxylic acids is 1. The van der Waals surface area contributed by atoms with Gasteiger partial charge in [0.1, 0.15) is 5.75 Å². The van der Waals surface area contributed by atoms with Gasteiger partial charge in [0.25, 0.3) is 0 Å². The van der Waals surface area contributed by atoms with E-state index in [0.29, 0.717) is 30.4 Å². The van der Waals surface area contributed by atoms with E-state index in [1.54, 1.807) is 0 Å². The summed E-state index contributed by atoms with van der Waals surface area (Å²) in [6, 6.07) is 8.09. The van der Waals surface area contributed by atoms with E-state index in [-0.39, 0.29) is 5.91 Å². The summed E-state index contributed by atoms with van der Waals surface area (Å²) in [6.07, 6.45) is 3.83. The Kier molecular flexibility index (Phi) is 6.08. The summed E-state index contributed by atoms with van der Waals surface area (Å²) in [7, 11) is 0. The molecule has 26 heavy (non-hydrogen) atoms. The first-order valence-electron chi connectivity index (χ1n) is 9.28. The average Bonchev–Trinajstić information content (AvgIpc) is 3.01. The Morgan fingerprint density at radius 1 is 1.35 bits per heavy atom. The van der Waals surface area contributed by atoms with Crippen molar-refractivity contribution in [3.8, 4) is 17.1 Å². The lowest BCUT2D eigenvalue weighted by Gasteiger charge is -2.33. The van der Waals surface area contributed by atoms with Gasteiger partial charge in [-0.3, -0.25) is 14.5 Å². The third-order valence-electron chi connectivity index (χ3n) is 4.85. The van der Waals surface area contributed by atoms with Crippen LogP contribution in [0.3, 0.4) is 0 Å². The first kappa shape index (κ1) is 18.6. The number of carbonyl (C=O) groups is 1. The highest BCUT2D eigenvalue weighted by atomic mass is 32.1. The van der Waals surface area contributed by atoms with Crippen molar-refractivity contribution >= 4 is 18.1 Å². The lowest BCUT2D eigenvalue weighted by atomic mass is 10.0. The molecule has 2 heterocycles. The van der Waals surface area contributed by atoms with Crippen LogP contribution in [0.25, 0.3) is 11.4 Å². The first-order chi connectivity index (χ1) is 12.6. The van der Waals surface area contributed by atoms with Gasteiger partial charge >= 0.3 is 0 Å². The minimum Gasteiger partial charge on any atom is -0.494 e. The fraction of sp³-hybridized carbons (Fsp3) is 0.526. The number of likely N-dealkylation sites (tertiary alicyclic amines) is 1. The van der Waals surface area contributed by atoms with Crippen molar-refractivity contribution in [2.24, 2.45) is 0 Å². The molecule has 1 aromatic carbocycles. The second-order valence-electron chi connectivity index (χ2n) is 6.64. The molecule has 140 valence electrons. The van der Waals surface area contributed by atoms with Crippen molar-refractivity contribution in [3.05, 3.63) is 29.0 Å². The largest absolute Gasteiger partial charge is 0.494 e. The number of hydrogen-bond donors (Lipinski definition) is 1. The lowest BCUT2D eigenvalue weighted by molar-refractivity contribution is -0.134. The van der Waals surface area contributed by atoms with Crippen LogP contribution in [0.2, 0.25) is 0 Å². The van der Waals surface area contributed by atoms with Crippen LogP contribution < -0.4 is 4.74 Å². The zero-order chi connectivity index (χ0) is 18.5. The molecule has 1 aromatic heterocycles. The molecule has 0 radical (unpaired) electrons. The number of amides is 1. The second-order valence-corrected chi connectivity index (χ2v) is 7.03. The second kappa shape index (κ2) is 8.49. The van der Waals surface area contributed by atoms with Crippen LogP contribution in [0.4, 0.5) is 0 Å². The number of nitrogens with one attached hydrogen (secondary N) is 1. The van der Waals surface area contributed by atoms with Crippen molar-refractivity contribution in [2.45, 2.75) is 52.1 Å². The van der Waals surface area contributed by atoms with E-state index in [2.05, 4.69) is 17.1 Å². The van der Waals surface area contributed by atoms with E-state index in [1.165, 1.54) is 6.42 Å². The molecule has 0 spiro atoms. The van der Waals surface area contributed by atoms with E-state index >= 15 is 0 Å². The van der Waals surface area contributed by atoms with Crippen molar-refractivity contribution in [2.75, 3.05) is 13.2 Å². The Morgan fingerprint density at radius 3 is 2.81 bits per heavy atom. The number of piperidine rings is 1. The van der Waals surface area contributed by atoms with Crippen molar-refractivity contribution < 1.29 is 9.53 Å². The molecule has 0 saturated carbocycles. The monoisotopic (exact) mass is 374 g/mol. The molecule has 1 atom stereocenters. The lowest BCUT2D eigenvalue weighted by Crippen LogP contribution is -2.42. The van der Waals surface area contributed by atoms with Gasteiger partial charge in [-0.15, -0.1) is 0 Å². The molecule has 1 aliphatic heterocycles. The summed E-state index contributed by atoms with van der Waals surface area (Å²) < 4.78 is 7.92. The molecule has 1 aliphatic rings. The van der Waals surface area contributed by atoms with Crippen LogP contribution in [-0.2, 0) is 11.3 Å². The van der Waals surface area contributed by atoms with E-state index in [9.17, 15) is 4.79 Å². The zero-order valence-corrected chi connectivity index (χ0v) is 16.2. The fourth-order valence-electron chi connectivity index (χ4n) is 3.43. The molecule has 2 aromatic rings. The molecular weight excluding hydrogens is 348 g/mol. The van der Waals surface area contributed by atoms with Crippen molar-refractivity contribution in [3.63, 3.8) is 0 Å². The molecule has 0 bridgehead atoms. The quantitative estimate of drug-likeness (QED) is 0.781. The Labute approximate surface area is 159 Å². The van der Waals surface area contributed by atoms with Crippen molar-refractivity contribution in [1.82, 2.24) is 19.7 Å². The van der Waals surface area contributed by atoms with Gasteiger partial charge in [-0.05, 0) is 69.6 Å². The molecule has 1 N–H and O–H groups in total. The Balaban J connectivity index is 1.71. The van der Waals surface area contributed by atoms with Gasteiger partial charge in [0.2, 0.25) is 5.91 Å². The molecule has 1 amide bonds. The number of benzene rings is 1. The standard InChI is InChI=1S/C19H26N4O2S/c1-3-25-16-9-7-15(8-10-16)18-20-21-19(26)23(18)13-11-17(24)22-12-5-4-6-14(22)2/h7-10,14H,3-6,11-13H2,1-2H3,(H,21,26)/t14-/m1/s1. The SMILES string of the molecule is CCOc1ccc(-c2n[nH]c(=S)n2CCC(=O)N2CCCC[C@H]2C)cc1. The van der Waals surface area contributed by atoms with Crippen LogP contribution in [0, 0.1) is 4.77 Å². The fourth-order valence-corrected chi connectivity index (χ4v) is 3.66. The maximum Gasteiger partial charge on any atom is 0.224 e. The molecule has 3 rings (SSSR count). The van der Waals surface area contributed by atoms with Gasteiger partial charge in [0, 0.05) is 31.1 Å². The van der Waals surface area contributed by atoms with Gasteiger partial charge < -0.3 is 9.64 Å². The minimum absolute atomic E-state index is 0.193. The first-order valence-corrected chi connectivity index (χ1v) is 9.69. The van der Waals surface area contributed by atoms with Gasteiger partial charge in [-0.1, -0.05) is 0 Å². The van der Waals surface area contributed by atoms with Crippen LogP contribution in [0.15, 0.2) is 24.3 Å². The topological polar surface area (TPSA) is 63.1 Å². The van der Waals surface area contributed by atoms with E-state index in [1.807, 2.05) is 40.7 Å². The summed E-state index contributed by atoms with van der Waals surface area (Å²) in [4.78, 5) is 14.6. The summed E-state index contributed by atoms with van der Waals surface area (Å²) in [5, 5.41) is 7.19. The molecular formula is C19H26N4O2S. The summed E-state index contributed by atoms with van der Waals surface area (Å²) >= 11 is 5.37. The van der Waals surface area contributed by atoms with E-state index in [4.69, 9.17) is 17.0 Å². The van der Waals surface area contributed by atoms with Gasteiger partial charge in [0.05, 0.1) is 6.61 Å². The predicted octanol–water partition coefficient (Wildman–Crippen LogP) is 3.80. The Morgan fingerprint density at radius 2 is 2.12 bits per heavy atom. The van der Waals surface area contributed by atoms with Gasteiger partial charge in [-0.25, -0.2) is 0 Å². The molecule has 1 saturated heterocycles. The third-order valence-corrected chi connectivity index (χ3v) is 5.17. The number of ether oxygens (including phenoxy) is 1. The number of rotatable bonds is 6. The van der Waals surface area contributed by atoms with Crippen LogP contribution in [-0.4, -0.2) is 44.8 Å². The highest BCUT2D eigenvalue weighted by molar-refractivity contribution is 7.71. The van der Waals surface area contributed by atoms with Gasteiger partial charge in [-0.2, -0.15) is 5.10 Å². The number of H-pyrrole nitrogens is 1. The van der Waals surface area contributed by atoms with Crippen LogP contribution in [0.5, 0.6) is 5.75 Å². The molecule has 6 nitrogen and oxygen atoms in total. The van der Waals surface area contributed by atoms with Crippen molar-refractivity contribution in [1.29, 1.82) is 0 Å². The minimum atomic E-state index is 0.193. The number of hydrogen-bond acceptors (Lipinski definition) is 4. The van der Waals surface area contributed by atoms with E-state index < -0.39 is 0 Å².